The van der Waals surface area contributed by atoms with Crippen molar-refractivity contribution in [2.24, 2.45) is 0 Å². The number of hydrogen-bond donors (Lipinski definition) is 2. The number of ether oxygens (including phenoxy) is 1. The molecule has 0 aliphatic heterocycles. The number of carbonyl (C=O) groups is 2. The van der Waals surface area contributed by atoms with Crippen LogP contribution in [0, 0.1) is 0 Å². The van der Waals surface area contributed by atoms with E-state index in [1.807, 2.05) is 31.2 Å². The molecule has 0 radical (unpaired) electrons. The predicted molar refractivity (Wildman–Crippen MR) is 106 cm³/mol. The third-order valence-electron chi connectivity index (χ3n) is 3.32. The Kier molecular flexibility index (Phi) is 7.53. The number of anilines is 1. The fraction of sp³-hybridized carbons (Fsp3) is 0.300. The summed E-state index contributed by atoms with van der Waals surface area (Å²) in [6, 6.07) is 14.5. The fourth-order valence-corrected chi connectivity index (χ4v) is 3.06. The van der Waals surface area contributed by atoms with Crippen LogP contribution in [0.4, 0.5) is 5.69 Å². The van der Waals surface area contributed by atoms with Gasteiger partial charge in [0.15, 0.2) is 6.61 Å². The molecule has 0 saturated carbocycles. The molecule has 0 unspecified atom stereocenters. The molecule has 26 heavy (non-hydrogen) atoms. The van der Waals surface area contributed by atoms with Crippen LogP contribution < -0.4 is 15.4 Å². The normalized spacial score (nSPS) is 10.5. The van der Waals surface area contributed by atoms with Gasteiger partial charge in [-0.1, -0.05) is 19.9 Å². The maximum absolute atomic E-state index is 12.4. The number of likely N-dealkylation sites (N-methyl/N-ethyl adjacent to an activating group) is 1. The first-order chi connectivity index (χ1) is 12.5. The molecule has 2 aromatic rings. The van der Waals surface area contributed by atoms with E-state index in [-0.39, 0.29) is 18.4 Å². The van der Waals surface area contributed by atoms with E-state index >= 15 is 0 Å². The van der Waals surface area contributed by atoms with Crippen LogP contribution in [0.15, 0.2) is 53.4 Å². The van der Waals surface area contributed by atoms with Gasteiger partial charge in [0.2, 0.25) is 0 Å². The Morgan fingerprint density at radius 1 is 1.12 bits per heavy atom. The van der Waals surface area contributed by atoms with Crippen molar-refractivity contribution in [2.45, 2.75) is 30.9 Å². The Hall–Kier alpha value is -2.47. The van der Waals surface area contributed by atoms with Crippen LogP contribution >= 0.6 is 11.8 Å². The van der Waals surface area contributed by atoms with Gasteiger partial charge >= 0.3 is 0 Å². The molecule has 0 aliphatic rings. The second kappa shape index (κ2) is 9.87. The van der Waals surface area contributed by atoms with Gasteiger partial charge in [0.05, 0.1) is 0 Å². The van der Waals surface area contributed by atoms with Gasteiger partial charge < -0.3 is 15.4 Å². The van der Waals surface area contributed by atoms with Crippen molar-refractivity contribution in [3.63, 3.8) is 0 Å². The summed E-state index contributed by atoms with van der Waals surface area (Å²) >= 11 is 1.76. The molecule has 0 aromatic heterocycles. The van der Waals surface area contributed by atoms with Gasteiger partial charge in [-0.2, -0.15) is 0 Å². The first-order valence-electron chi connectivity index (χ1n) is 8.55. The molecule has 5 nitrogen and oxygen atoms in total. The third-order valence-corrected chi connectivity index (χ3v) is 4.34. The van der Waals surface area contributed by atoms with E-state index in [0.29, 0.717) is 28.8 Å². The molecule has 138 valence electrons. The molecule has 0 heterocycles. The summed E-state index contributed by atoms with van der Waals surface area (Å²) in [6.45, 7) is 6.62. The van der Waals surface area contributed by atoms with Crippen LogP contribution in [0.3, 0.4) is 0 Å². The molecule has 0 atom stereocenters. The fourth-order valence-electron chi connectivity index (χ4n) is 2.22. The van der Waals surface area contributed by atoms with Crippen LogP contribution in [-0.4, -0.2) is 30.2 Å². The van der Waals surface area contributed by atoms with Crippen LogP contribution in [0.5, 0.6) is 5.75 Å². The standard InChI is InChI=1S/C20H24N2O3S/c1-4-21-19(23)13-25-17-7-5-6-16(12-17)22-20(24)15-8-10-18(11-9-15)26-14(2)3/h5-12,14H,4,13H2,1-3H3,(H,21,23)(H,22,24). The molecule has 0 aliphatic carbocycles. The van der Waals surface area contributed by atoms with Gasteiger partial charge in [-0.15, -0.1) is 11.8 Å². The van der Waals surface area contributed by atoms with Gasteiger partial charge in [0.1, 0.15) is 5.75 Å². The summed E-state index contributed by atoms with van der Waals surface area (Å²) in [6.07, 6.45) is 0. The summed E-state index contributed by atoms with van der Waals surface area (Å²) in [5.41, 5.74) is 1.20. The van der Waals surface area contributed by atoms with E-state index in [1.54, 1.807) is 36.0 Å². The topological polar surface area (TPSA) is 67.4 Å². The van der Waals surface area contributed by atoms with E-state index in [4.69, 9.17) is 4.74 Å². The van der Waals surface area contributed by atoms with E-state index in [1.165, 1.54) is 0 Å². The zero-order valence-corrected chi connectivity index (χ0v) is 16.1. The second-order valence-corrected chi connectivity index (χ2v) is 7.57. The molecule has 0 fully saturated rings. The van der Waals surface area contributed by atoms with E-state index in [2.05, 4.69) is 24.5 Å². The molecule has 0 spiro atoms. The molecule has 0 bridgehead atoms. The molecule has 6 heteroatoms. The Bertz CT molecular complexity index is 745. The second-order valence-electron chi connectivity index (χ2n) is 5.92. The molecule has 2 aromatic carbocycles. The van der Waals surface area contributed by atoms with Crippen LogP contribution in [0.1, 0.15) is 31.1 Å². The van der Waals surface area contributed by atoms with Crippen molar-refractivity contribution < 1.29 is 14.3 Å². The maximum Gasteiger partial charge on any atom is 0.257 e. The highest BCUT2D eigenvalue weighted by atomic mass is 32.2. The van der Waals surface area contributed by atoms with Gasteiger partial charge in [-0.3, -0.25) is 9.59 Å². The van der Waals surface area contributed by atoms with Crippen molar-refractivity contribution in [1.82, 2.24) is 5.32 Å². The van der Waals surface area contributed by atoms with E-state index in [9.17, 15) is 9.59 Å². The average molecular weight is 372 g/mol. The smallest absolute Gasteiger partial charge is 0.257 e. The monoisotopic (exact) mass is 372 g/mol. The first-order valence-corrected chi connectivity index (χ1v) is 9.43. The number of rotatable bonds is 8. The Morgan fingerprint density at radius 2 is 1.85 bits per heavy atom. The van der Waals surface area contributed by atoms with Gasteiger partial charge in [0.25, 0.3) is 11.8 Å². The lowest BCUT2D eigenvalue weighted by atomic mass is 10.2. The van der Waals surface area contributed by atoms with Crippen LogP contribution in [0.2, 0.25) is 0 Å². The van der Waals surface area contributed by atoms with Crippen molar-refractivity contribution >= 4 is 29.3 Å². The van der Waals surface area contributed by atoms with Crippen molar-refractivity contribution in [1.29, 1.82) is 0 Å². The molecule has 2 amide bonds. The summed E-state index contributed by atoms with van der Waals surface area (Å²) in [7, 11) is 0. The number of hydrogen-bond acceptors (Lipinski definition) is 4. The largest absolute Gasteiger partial charge is 0.484 e. The lowest BCUT2D eigenvalue weighted by Gasteiger charge is -2.10. The zero-order chi connectivity index (χ0) is 18.9. The maximum atomic E-state index is 12.4. The first kappa shape index (κ1) is 19.8. The lowest BCUT2D eigenvalue weighted by Crippen LogP contribution is -2.28. The summed E-state index contributed by atoms with van der Waals surface area (Å²) < 4.78 is 5.43. The summed E-state index contributed by atoms with van der Waals surface area (Å²) in [4.78, 5) is 25.0. The predicted octanol–water partition coefficient (Wildman–Crippen LogP) is 3.95. The number of nitrogens with one attached hydrogen (secondary N) is 2. The SMILES string of the molecule is CCNC(=O)COc1cccc(NC(=O)c2ccc(SC(C)C)cc2)c1. The molecule has 0 saturated heterocycles. The molecule has 2 N–H and O–H groups in total. The lowest BCUT2D eigenvalue weighted by molar-refractivity contribution is -0.122. The summed E-state index contributed by atoms with van der Waals surface area (Å²) in [5, 5.41) is 6.01. The minimum Gasteiger partial charge on any atom is -0.484 e. The number of thioether (sulfide) groups is 1. The van der Waals surface area contributed by atoms with Crippen molar-refractivity contribution in [3.05, 3.63) is 54.1 Å². The number of carbonyl (C=O) groups excluding carboxylic acids is 2. The van der Waals surface area contributed by atoms with E-state index in [0.717, 1.165) is 4.90 Å². The average Bonchev–Trinajstić information content (AvgIpc) is 2.61. The Morgan fingerprint density at radius 3 is 2.50 bits per heavy atom. The van der Waals surface area contributed by atoms with E-state index < -0.39 is 0 Å². The van der Waals surface area contributed by atoms with Crippen molar-refractivity contribution in [2.75, 3.05) is 18.5 Å². The third kappa shape index (κ3) is 6.44. The van der Waals surface area contributed by atoms with Crippen LogP contribution in [-0.2, 0) is 4.79 Å². The molecular formula is C20H24N2O3S. The Balaban J connectivity index is 1.96. The minimum atomic E-state index is -0.188. The van der Waals surface area contributed by atoms with Crippen molar-refractivity contribution in [3.8, 4) is 5.75 Å². The van der Waals surface area contributed by atoms with Gasteiger partial charge in [-0.05, 0) is 43.3 Å². The zero-order valence-electron chi connectivity index (χ0n) is 15.2. The number of benzene rings is 2. The molecular weight excluding hydrogens is 348 g/mol. The Labute approximate surface area is 158 Å². The highest BCUT2D eigenvalue weighted by Crippen LogP contribution is 2.23. The van der Waals surface area contributed by atoms with Gasteiger partial charge in [0, 0.05) is 34.0 Å². The highest BCUT2D eigenvalue weighted by Gasteiger charge is 2.08. The highest BCUT2D eigenvalue weighted by molar-refractivity contribution is 7.99. The quantitative estimate of drug-likeness (QED) is 0.689. The minimum absolute atomic E-state index is 0.0553. The van der Waals surface area contributed by atoms with Crippen LogP contribution in [0.25, 0.3) is 0 Å². The van der Waals surface area contributed by atoms with Gasteiger partial charge in [-0.25, -0.2) is 0 Å². The summed E-state index contributed by atoms with van der Waals surface area (Å²) in [5.74, 6) is 0.158. The number of amides is 2. The molecule has 2 rings (SSSR count).